The van der Waals surface area contributed by atoms with Gasteiger partial charge in [0.05, 0.1) is 17.7 Å². The van der Waals surface area contributed by atoms with Crippen LogP contribution in [0, 0.1) is 5.92 Å². The molecule has 1 aromatic carbocycles. The lowest BCUT2D eigenvalue weighted by Crippen LogP contribution is -2.11. The van der Waals surface area contributed by atoms with Gasteiger partial charge in [0.2, 0.25) is 0 Å². The molecule has 1 aliphatic heterocycles. The molecule has 0 saturated carbocycles. The Morgan fingerprint density at radius 2 is 2.42 bits per heavy atom. The van der Waals surface area contributed by atoms with Crippen molar-refractivity contribution in [1.82, 2.24) is 0 Å². The van der Waals surface area contributed by atoms with Crippen LogP contribution < -0.4 is 4.74 Å². The summed E-state index contributed by atoms with van der Waals surface area (Å²) in [6.07, 6.45) is 3.69. The summed E-state index contributed by atoms with van der Waals surface area (Å²) in [6, 6.07) is 5.49. The first kappa shape index (κ1) is 14.1. The van der Waals surface area contributed by atoms with Crippen molar-refractivity contribution in [3.05, 3.63) is 34.3 Å². The van der Waals surface area contributed by atoms with Crippen LogP contribution in [0.15, 0.2) is 28.7 Å². The van der Waals surface area contributed by atoms with Gasteiger partial charge in [0.1, 0.15) is 5.75 Å². The lowest BCUT2D eigenvalue weighted by Gasteiger charge is -2.12. The third kappa shape index (κ3) is 4.36. The molecule has 1 unspecified atom stereocenters. The lowest BCUT2D eigenvalue weighted by atomic mass is 10.1. The van der Waals surface area contributed by atoms with Gasteiger partial charge in [0, 0.05) is 18.6 Å². The summed E-state index contributed by atoms with van der Waals surface area (Å²) in [5, 5.41) is 8.57. The summed E-state index contributed by atoms with van der Waals surface area (Å²) in [6.45, 7) is 2.22. The minimum Gasteiger partial charge on any atom is -0.492 e. The highest BCUT2D eigenvalue weighted by molar-refractivity contribution is 9.10. The number of benzene rings is 1. The van der Waals surface area contributed by atoms with Crippen molar-refractivity contribution in [2.45, 2.75) is 6.42 Å². The van der Waals surface area contributed by atoms with Gasteiger partial charge in [-0.3, -0.25) is 0 Å². The van der Waals surface area contributed by atoms with Gasteiger partial charge in [0.15, 0.2) is 0 Å². The Morgan fingerprint density at radius 3 is 3.05 bits per heavy atom. The number of ether oxygens (including phenoxy) is 2. The van der Waals surface area contributed by atoms with E-state index in [1.807, 2.05) is 18.2 Å². The van der Waals surface area contributed by atoms with Crippen molar-refractivity contribution in [2.75, 3.05) is 19.8 Å². The molecule has 4 nitrogen and oxygen atoms in total. The second kappa shape index (κ2) is 6.73. The van der Waals surface area contributed by atoms with E-state index in [2.05, 4.69) is 15.9 Å². The van der Waals surface area contributed by atoms with Crippen LogP contribution in [0.3, 0.4) is 0 Å². The summed E-state index contributed by atoms with van der Waals surface area (Å²) in [4.78, 5) is 10.4. The van der Waals surface area contributed by atoms with Gasteiger partial charge < -0.3 is 14.6 Å². The lowest BCUT2D eigenvalue weighted by molar-refractivity contribution is -0.131. The molecule has 1 atom stereocenters. The van der Waals surface area contributed by atoms with Crippen molar-refractivity contribution in [1.29, 1.82) is 0 Å². The summed E-state index contributed by atoms with van der Waals surface area (Å²) in [5.41, 5.74) is 0.811. The third-order valence-corrected chi connectivity index (χ3v) is 3.49. The van der Waals surface area contributed by atoms with Crippen LogP contribution in [-0.2, 0) is 9.53 Å². The number of hydrogen-bond donors (Lipinski definition) is 1. The van der Waals surface area contributed by atoms with E-state index in [0.29, 0.717) is 12.5 Å². The molecule has 5 heteroatoms. The van der Waals surface area contributed by atoms with Gasteiger partial charge in [-0.2, -0.15) is 0 Å². The number of rotatable bonds is 5. The quantitative estimate of drug-likeness (QED) is 0.845. The molecule has 1 N–H and O–H groups in total. The number of carboxylic acid groups (broad SMARTS) is 1. The maximum absolute atomic E-state index is 10.4. The minimum absolute atomic E-state index is 0.457. The second-order valence-electron chi connectivity index (χ2n) is 4.40. The summed E-state index contributed by atoms with van der Waals surface area (Å²) >= 11 is 3.43. The molecule has 19 heavy (non-hydrogen) atoms. The molecule has 0 radical (unpaired) electrons. The Morgan fingerprint density at radius 1 is 1.58 bits per heavy atom. The first-order chi connectivity index (χ1) is 9.15. The Hall–Kier alpha value is -1.33. The fourth-order valence-corrected chi connectivity index (χ4v) is 2.34. The van der Waals surface area contributed by atoms with E-state index in [-0.39, 0.29) is 0 Å². The first-order valence-electron chi connectivity index (χ1n) is 6.06. The van der Waals surface area contributed by atoms with Gasteiger partial charge >= 0.3 is 5.97 Å². The zero-order valence-electron chi connectivity index (χ0n) is 10.3. The molecule has 1 aromatic rings. The number of carbonyl (C=O) groups is 1. The largest absolute Gasteiger partial charge is 0.492 e. The van der Waals surface area contributed by atoms with Gasteiger partial charge in [-0.1, -0.05) is 6.07 Å². The van der Waals surface area contributed by atoms with E-state index in [1.165, 1.54) is 0 Å². The number of hydrogen-bond acceptors (Lipinski definition) is 3. The fraction of sp³-hybridized carbons (Fsp3) is 0.357. The highest BCUT2D eigenvalue weighted by atomic mass is 79.9. The van der Waals surface area contributed by atoms with Crippen LogP contribution in [0.4, 0.5) is 0 Å². The van der Waals surface area contributed by atoms with Crippen molar-refractivity contribution in [3.63, 3.8) is 0 Å². The molecule has 0 bridgehead atoms. The van der Waals surface area contributed by atoms with E-state index >= 15 is 0 Å². The maximum Gasteiger partial charge on any atom is 0.328 e. The number of aliphatic carboxylic acids is 1. The normalized spacial score (nSPS) is 18.9. The van der Waals surface area contributed by atoms with E-state index in [4.69, 9.17) is 14.6 Å². The van der Waals surface area contributed by atoms with Crippen LogP contribution in [0.2, 0.25) is 0 Å². The topological polar surface area (TPSA) is 55.8 Å². The molecule has 1 saturated heterocycles. The van der Waals surface area contributed by atoms with Crippen molar-refractivity contribution in [2.24, 2.45) is 5.92 Å². The van der Waals surface area contributed by atoms with Gasteiger partial charge in [-0.25, -0.2) is 4.79 Å². The molecule has 1 fully saturated rings. The second-order valence-corrected chi connectivity index (χ2v) is 5.26. The molecular formula is C14H15BrO4. The van der Waals surface area contributed by atoms with Crippen molar-refractivity contribution >= 4 is 28.0 Å². The molecule has 1 heterocycles. The van der Waals surface area contributed by atoms with E-state index < -0.39 is 5.97 Å². The summed E-state index contributed by atoms with van der Waals surface area (Å²) in [5.74, 6) is 0.260. The van der Waals surface area contributed by atoms with Crippen molar-refractivity contribution in [3.8, 4) is 5.75 Å². The smallest absolute Gasteiger partial charge is 0.328 e. The highest BCUT2D eigenvalue weighted by Gasteiger charge is 2.16. The van der Waals surface area contributed by atoms with E-state index in [0.717, 1.165) is 41.5 Å². The van der Waals surface area contributed by atoms with E-state index in [1.54, 1.807) is 6.08 Å². The Labute approximate surface area is 120 Å². The van der Waals surface area contributed by atoms with Crippen LogP contribution in [-0.4, -0.2) is 30.9 Å². The van der Waals surface area contributed by atoms with Crippen molar-refractivity contribution < 1.29 is 19.4 Å². The SMILES string of the molecule is O=C(O)C=Cc1ccc(OCC2CCOC2)c(Br)c1. The van der Waals surface area contributed by atoms with Gasteiger partial charge in [0.25, 0.3) is 0 Å². The first-order valence-corrected chi connectivity index (χ1v) is 6.85. The zero-order chi connectivity index (χ0) is 13.7. The molecular weight excluding hydrogens is 312 g/mol. The summed E-state index contributed by atoms with van der Waals surface area (Å²) in [7, 11) is 0. The molecule has 1 aliphatic rings. The van der Waals surface area contributed by atoms with Crippen LogP contribution in [0.5, 0.6) is 5.75 Å². The standard InChI is InChI=1S/C14H15BrO4/c15-12-7-10(2-4-14(16)17)1-3-13(12)19-9-11-5-6-18-8-11/h1-4,7,11H,5-6,8-9H2,(H,16,17). The average molecular weight is 327 g/mol. The van der Waals surface area contributed by atoms with E-state index in [9.17, 15) is 4.79 Å². The molecule has 0 amide bonds. The number of halogens is 1. The zero-order valence-corrected chi connectivity index (χ0v) is 11.9. The third-order valence-electron chi connectivity index (χ3n) is 2.87. The molecule has 2 rings (SSSR count). The fourth-order valence-electron chi connectivity index (χ4n) is 1.83. The number of carboxylic acids is 1. The van der Waals surface area contributed by atoms with Crippen LogP contribution in [0.1, 0.15) is 12.0 Å². The maximum atomic E-state index is 10.4. The van der Waals surface area contributed by atoms with Gasteiger partial charge in [-0.15, -0.1) is 0 Å². The molecule has 0 aromatic heterocycles. The molecule has 0 spiro atoms. The Kier molecular flexibility index (Phi) is 4.99. The van der Waals surface area contributed by atoms with Gasteiger partial charge in [-0.05, 0) is 46.1 Å². The van der Waals surface area contributed by atoms with Crippen LogP contribution in [0.25, 0.3) is 6.08 Å². The minimum atomic E-state index is -0.960. The molecule has 0 aliphatic carbocycles. The average Bonchev–Trinajstić information content (AvgIpc) is 2.88. The predicted octanol–water partition coefficient (Wildman–Crippen LogP) is 2.96. The predicted molar refractivity (Wildman–Crippen MR) is 75.2 cm³/mol. The van der Waals surface area contributed by atoms with Crippen LogP contribution >= 0.6 is 15.9 Å². The summed E-state index contributed by atoms with van der Waals surface area (Å²) < 4.78 is 11.8. The Balaban J connectivity index is 1.96. The highest BCUT2D eigenvalue weighted by Crippen LogP contribution is 2.27. The molecule has 102 valence electrons. The Bertz CT molecular complexity index is 478. The monoisotopic (exact) mass is 326 g/mol.